The van der Waals surface area contributed by atoms with Crippen LogP contribution in [0.4, 0.5) is 5.69 Å². The van der Waals surface area contributed by atoms with E-state index in [1.54, 1.807) is 7.11 Å². The van der Waals surface area contributed by atoms with Crippen LogP contribution < -0.4 is 11.1 Å². The Morgan fingerprint density at radius 1 is 1.50 bits per heavy atom. The highest BCUT2D eigenvalue weighted by Gasteiger charge is 2.08. The van der Waals surface area contributed by atoms with E-state index in [0.717, 1.165) is 11.3 Å². The minimum atomic E-state index is -0.0982. The number of ether oxygens (including phenoxy) is 1. The second kappa shape index (κ2) is 6.25. The minimum absolute atomic E-state index is 0.0602. The Labute approximate surface area is 95.8 Å². The van der Waals surface area contributed by atoms with Gasteiger partial charge in [0.2, 0.25) is 5.91 Å². The molecule has 0 radical (unpaired) electrons. The molecule has 1 aromatic carbocycles. The molecule has 0 aliphatic rings. The van der Waals surface area contributed by atoms with Crippen molar-refractivity contribution in [3.63, 3.8) is 0 Å². The van der Waals surface area contributed by atoms with Crippen molar-refractivity contribution < 1.29 is 9.53 Å². The predicted molar refractivity (Wildman–Crippen MR) is 64.2 cm³/mol. The number of benzene rings is 1. The smallest absolute Gasteiger partial charge is 0.226 e. The van der Waals surface area contributed by atoms with Crippen LogP contribution in [0, 0.1) is 0 Å². The number of anilines is 1. The topological polar surface area (TPSA) is 64.3 Å². The summed E-state index contributed by atoms with van der Waals surface area (Å²) in [7, 11) is 1.57. The van der Waals surface area contributed by atoms with Crippen LogP contribution in [0.15, 0.2) is 24.3 Å². The number of rotatable bonds is 5. The molecule has 0 saturated carbocycles. The van der Waals surface area contributed by atoms with Crippen molar-refractivity contribution in [2.24, 2.45) is 5.73 Å². The van der Waals surface area contributed by atoms with Crippen molar-refractivity contribution in [2.75, 3.05) is 19.0 Å². The quantitative estimate of drug-likeness (QED) is 0.796. The zero-order valence-corrected chi connectivity index (χ0v) is 9.69. The lowest BCUT2D eigenvalue weighted by Gasteiger charge is -2.13. The van der Waals surface area contributed by atoms with Crippen LogP contribution in [0.1, 0.15) is 24.9 Å². The Hall–Kier alpha value is -1.39. The fraction of sp³-hybridized carbons (Fsp3) is 0.417. The Kier molecular flexibility index (Phi) is 4.95. The molecule has 0 heterocycles. The van der Waals surface area contributed by atoms with Gasteiger partial charge in [-0.3, -0.25) is 4.79 Å². The highest BCUT2D eigenvalue weighted by atomic mass is 16.5. The molecule has 3 N–H and O–H groups in total. The van der Waals surface area contributed by atoms with Gasteiger partial charge in [0.1, 0.15) is 0 Å². The molecular weight excluding hydrogens is 204 g/mol. The van der Waals surface area contributed by atoms with Crippen molar-refractivity contribution in [1.82, 2.24) is 0 Å². The fourth-order valence-corrected chi connectivity index (χ4v) is 1.42. The van der Waals surface area contributed by atoms with Gasteiger partial charge < -0.3 is 15.8 Å². The molecule has 4 heteroatoms. The van der Waals surface area contributed by atoms with Crippen LogP contribution >= 0.6 is 0 Å². The van der Waals surface area contributed by atoms with E-state index < -0.39 is 0 Å². The van der Waals surface area contributed by atoms with E-state index in [-0.39, 0.29) is 11.9 Å². The first-order valence-electron chi connectivity index (χ1n) is 5.28. The zero-order valence-electron chi connectivity index (χ0n) is 9.69. The lowest BCUT2D eigenvalue weighted by Crippen LogP contribution is -2.16. The molecule has 16 heavy (non-hydrogen) atoms. The van der Waals surface area contributed by atoms with Gasteiger partial charge in [-0.2, -0.15) is 0 Å². The Morgan fingerprint density at radius 3 is 2.81 bits per heavy atom. The fourth-order valence-electron chi connectivity index (χ4n) is 1.42. The summed E-state index contributed by atoms with van der Waals surface area (Å²) >= 11 is 0. The molecule has 0 fully saturated rings. The lowest BCUT2D eigenvalue weighted by atomic mass is 10.1. The molecule has 1 amide bonds. The number of nitrogens with two attached hydrogens (primary N) is 1. The monoisotopic (exact) mass is 222 g/mol. The lowest BCUT2D eigenvalue weighted by molar-refractivity contribution is -0.117. The summed E-state index contributed by atoms with van der Waals surface area (Å²) in [5, 5.41) is 2.83. The average molecular weight is 222 g/mol. The van der Waals surface area contributed by atoms with E-state index in [9.17, 15) is 4.79 Å². The van der Waals surface area contributed by atoms with Crippen LogP contribution in [0.2, 0.25) is 0 Å². The number of para-hydroxylation sites is 1. The number of nitrogens with one attached hydrogen (secondary N) is 1. The first kappa shape index (κ1) is 12.7. The SMILES string of the molecule is COCCC(=O)Nc1ccccc1C(C)N. The normalized spacial score (nSPS) is 12.2. The molecule has 0 spiro atoms. The maximum atomic E-state index is 11.5. The maximum Gasteiger partial charge on any atom is 0.226 e. The van der Waals surface area contributed by atoms with Gasteiger partial charge in [-0.05, 0) is 18.6 Å². The molecule has 1 atom stereocenters. The van der Waals surface area contributed by atoms with E-state index >= 15 is 0 Å². The summed E-state index contributed by atoms with van der Waals surface area (Å²) in [5.74, 6) is -0.0602. The summed E-state index contributed by atoms with van der Waals surface area (Å²) < 4.78 is 4.84. The van der Waals surface area contributed by atoms with Crippen LogP contribution in [-0.4, -0.2) is 19.6 Å². The van der Waals surface area contributed by atoms with E-state index in [2.05, 4.69) is 5.32 Å². The number of hydrogen-bond donors (Lipinski definition) is 2. The van der Waals surface area contributed by atoms with Crippen LogP contribution in [0.3, 0.4) is 0 Å². The summed E-state index contributed by atoms with van der Waals surface area (Å²) in [5.41, 5.74) is 7.53. The molecule has 1 unspecified atom stereocenters. The van der Waals surface area contributed by atoms with Crippen molar-refractivity contribution in [2.45, 2.75) is 19.4 Å². The third-order valence-corrected chi connectivity index (χ3v) is 2.26. The molecule has 4 nitrogen and oxygen atoms in total. The Bertz CT molecular complexity index is 351. The standard InChI is InChI=1S/C12H18N2O2/c1-9(13)10-5-3-4-6-11(10)14-12(15)7-8-16-2/h3-6,9H,7-8,13H2,1-2H3,(H,14,15). The van der Waals surface area contributed by atoms with E-state index in [1.165, 1.54) is 0 Å². The van der Waals surface area contributed by atoms with Gasteiger partial charge >= 0.3 is 0 Å². The van der Waals surface area contributed by atoms with Gasteiger partial charge in [-0.25, -0.2) is 0 Å². The molecule has 0 bridgehead atoms. The molecular formula is C12H18N2O2. The third-order valence-electron chi connectivity index (χ3n) is 2.26. The molecule has 88 valence electrons. The molecule has 0 aliphatic carbocycles. The Balaban J connectivity index is 2.69. The van der Waals surface area contributed by atoms with Crippen molar-refractivity contribution in [3.05, 3.63) is 29.8 Å². The highest BCUT2D eigenvalue weighted by Crippen LogP contribution is 2.20. The largest absolute Gasteiger partial charge is 0.384 e. The number of methoxy groups -OCH3 is 1. The van der Waals surface area contributed by atoms with E-state index in [4.69, 9.17) is 10.5 Å². The molecule has 0 saturated heterocycles. The number of hydrogen-bond acceptors (Lipinski definition) is 3. The first-order chi connectivity index (χ1) is 7.65. The summed E-state index contributed by atoms with van der Waals surface area (Å²) in [6, 6.07) is 7.44. The van der Waals surface area contributed by atoms with Gasteiger partial charge in [-0.15, -0.1) is 0 Å². The van der Waals surface area contributed by atoms with Crippen molar-refractivity contribution in [1.29, 1.82) is 0 Å². The van der Waals surface area contributed by atoms with Crippen LogP contribution in [-0.2, 0) is 9.53 Å². The maximum absolute atomic E-state index is 11.5. The average Bonchev–Trinajstić information content (AvgIpc) is 2.27. The van der Waals surface area contributed by atoms with Gasteiger partial charge in [0.15, 0.2) is 0 Å². The van der Waals surface area contributed by atoms with Crippen LogP contribution in [0.5, 0.6) is 0 Å². The summed E-state index contributed by atoms with van der Waals surface area (Å²) in [6.45, 7) is 2.31. The zero-order chi connectivity index (χ0) is 12.0. The van der Waals surface area contributed by atoms with Gasteiger partial charge in [0.05, 0.1) is 13.0 Å². The molecule has 1 rings (SSSR count). The molecule has 0 aliphatic heterocycles. The van der Waals surface area contributed by atoms with Gasteiger partial charge in [0, 0.05) is 18.8 Å². The van der Waals surface area contributed by atoms with Gasteiger partial charge in [0.25, 0.3) is 0 Å². The predicted octanol–water partition coefficient (Wildman–Crippen LogP) is 1.68. The van der Waals surface area contributed by atoms with Gasteiger partial charge in [-0.1, -0.05) is 18.2 Å². The van der Waals surface area contributed by atoms with E-state index in [0.29, 0.717) is 13.0 Å². The van der Waals surface area contributed by atoms with Crippen molar-refractivity contribution >= 4 is 11.6 Å². The Morgan fingerprint density at radius 2 is 2.19 bits per heavy atom. The number of carbonyl (C=O) groups excluding carboxylic acids is 1. The molecule has 0 aromatic heterocycles. The second-order valence-electron chi connectivity index (χ2n) is 3.67. The van der Waals surface area contributed by atoms with E-state index in [1.807, 2.05) is 31.2 Å². The first-order valence-corrected chi connectivity index (χ1v) is 5.28. The van der Waals surface area contributed by atoms with Crippen molar-refractivity contribution in [3.8, 4) is 0 Å². The molecule has 1 aromatic rings. The summed E-state index contributed by atoms with van der Waals surface area (Å²) in [6.07, 6.45) is 0.351. The highest BCUT2D eigenvalue weighted by molar-refractivity contribution is 5.91. The number of carbonyl (C=O) groups is 1. The second-order valence-corrected chi connectivity index (χ2v) is 3.67. The number of amides is 1. The van der Waals surface area contributed by atoms with Crippen LogP contribution in [0.25, 0.3) is 0 Å². The minimum Gasteiger partial charge on any atom is -0.384 e. The third kappa shape index (κ3) is 3.64. The summed E-state index contributed by atoms with van der Waals surface area (Å²) in [4.78, 5) is 11.5.